The third-order valence-electron chi connectivity index (χ3n) is 4.12. The molecular formula is C19H18N2O5. The van der Waals surface area contributed by atoms with Gasteiger partial charge in [-0.3, -0.25) is 14.9 Å². The quantitative estimate of drug-likeness (QED) is 0.500. The second kappa shape index (κ2) is 7.26. The molecular weight excluding hydrogens is 336 g/mol. The van der Waals surface area contributed by atoms with E-state index in [2.05, 4.69) is 5.32 Å². The SMILES string of the molecule is CCc1cccc(C)c1NC(=O)/C=C/c1cc2c(cc1[N+](=O)[O-])OCO2. The molecule has 0 fully saturated rings. The minimum absolute atomic E-state index is 0.0211. The number of nitrogens with one attached hydrogen (secondary N) is 1. The molecule has 1 N–H and O–H groups in total. The first-order chi connectivity index (χ1) is 12.5. The third-order valence-corrected chi connectivity index (χ3v) is 4.12. The zero-order valence-corrected chi connectivity index (χ0v) is 14.4. The van der Waals surface area contributed by atoms with Gasteiger partial charge in [-0.2, -0.15) is 0 Å². The standard InChI is InChI=1S/C19H18N2O5/c1-3-13-6-4-5-12(2)19(13)20-18(22)8-7-14-9-16-17(26-11-25-16)10-15(14)21(23)24/h4-10H,3,11H2,1-2H3,(H,20,22)/b8-7+. The highest BCUT2D eigenvalue weighted by molar-refractivity contribution is 6.03. The fourth-order valence-corrected chi connectivity index (χ4v) is 2.77. The lowest BCUT2D eigenvalue weighted by molar-refractivity contribution is -0.385. The topological polar surface area (TPSA) is 90.7 Å². The molecule has 0 atom stereocenters. The number of nitrogens with zero attached hydrogens (tertiary/aromatic N) is 1. The van der Waals surface area contributed by atoms with Gasteiger partial charge in [0, 0.05) is 11.8 Å². The summed E-state index contributed by atoms with van der Waals surface area (Å²) in [4.78, 5) is 23.0. The Morgan fingerprint density at radius 1 is 1.31 bits per heavy atom. The maximum absolute atomic E-state index is 12.3. The van der Waals surface area contributed by atoms with Crippen molar-refractivity contribution < 1.29 is 19.2 Å². The molecule has 0 aromatic heterocycles. The summed E-state index contributed by atoms with van der Waals surface area (Å²) >= 11 is 0. The van der Waals surface area contributed by atoms with E-state index in [0.29, 0.717) is 11.5 Å². The summed E-state index contributed by atoms with van der Waals surface area (Å²) in [6.45, 7) is 3.95. The second-order valence-corrected chi connectivity index (χ2v) is 5.81. The van der Waals surface area contributed by atoms with Crippen LogP contribution < -0.4 is 14.8 Å². The Balaban J connectivity index is 1.84. The van der Waals surface area contributed by atoms with Gasteiger partial charge in [0.1, 0.15) is 0 Å². The lowest BCUT2D eigenvalue weighted by atomic mass is 10.1. The molecule has 2 aromatic rings. The molecule has 3 rings (SSSR count). The molecule has 1 aliphatic rings. The molecule has 0 bridgehead atoms. The number of hydrogen-bond acceptors (Lipinski definition) is 5. The maximum Gasteiger partial charge on any atom is 0.280 e. The van der Waals surface area contributed by atoms with Gasteiger partial charge in [-0.05, 0) is 36.6 Å². The number of carbonyl (C=O) groups is 1. The number of nitro groups is 1. The van der Waals surface area contributed by atoms with E-state index < -0.39 is 4.92 Å². The van der Waals surface area contributed by atoms with Crippen LogP contribution in [0.3, 0.4) is 0 Å². The number of amides is 1. The minimum atomic E-state index is -0.518. The van der Waals surface area contributed by atoms with E-state index >= 15 is 0 Å². The van der Waals surface area contributed by atoms with Crippen molar-refractivity contribution in [1.29, 1.82) is 0 Å². The van der Waals surface area contributed by atoms with Crippen LogP contribution >= 0.6 is 0 Å². The van der Waals surface area contributed by atoms with Crippen LogP contribution in [-0.4, -0.2) is 17.6 Å². The number of anilines is 1. The molecule has 1 amide bonds. The lowest BCUT2D eigenvalue weighted by Crippen LogP contribution is -2.11. The molecule has 134 valence electrons. The summed E-state index contributed by atoms with van der Waals surface area (Å²) in [5.74, 6) is 0.384. The average Bonchev–Trinajstić information content (AvgIpc) is 3.08. The lowest BCUT2D eigenvalue weighted by Gasteiger charge is -2.11. The molecule has 0 saturated carbocycles. The zero-order chi connectivity index (χ0) is 18.7. The minimum Gasteiger partial charge on any atom is -0.454 e. The van der Waals surface area contributed by atoms with Crippen molar-refractivity contribution in [1.82, 2.24) is 0 Å². The smallest absolute Gasteiger partial charge is 0.280 e. The normalized spacial score (nSPS) is 12.4. The molecule has 0 radical (unpaired) electrons. The van der Waals surface area contributed by atoms with Gasteiger partial charge in [-0.25, -0.2) is 0 Å². The van der Waals surface area contributed by atoms with Gasteiger partial charge in [0.25, 0.3) is 5.69 Å². The highest BCUT2D eigenvalue weighted by Crippen LogP contribution is 2.38. The number of carbonyl (C=O) groups excluding carboxylic acids is 1. The largest absolute Gasteiger partial charge is 0.454 e. The average molecular weight is 354 g/mol. The Morgan fingerprint density at radius 2 is 2.04 bits per heavy atom. The van der Waals surface area contributed by atoms with Crippen LogP contribution in [0.25, 0.3) is 6.08 Å². The van der Waals surface area contributed by atoms with Crippen LogP contribution in [0.4, 0.5) is 11.4 Å². The van der Waals surface area contributed by atoms with Crippen LogP contribution in [0.5, 0.6) is 11.5 Å². The number of para-hydroxylation sites is 1. The summed E-state index contributed by atoms with van der Waals surface area (Å²) in [6.07, 6.45) is 3.46. The van der Waals surface area contributed by atoms with Crippen molar-refractivity contribution in [2.24, 2.45) is 0 Å². The van der Waals surface area contributed by atoms with Crippen molar-refractivity contribution in [2.45, 2.75) is 20.3 Å². The molecule has 0 spiro atoms. The molecule has 0 aliphatic carbocycles. The third kappa shape index (κ3) is 3.51. The van der Waals surface area contributed by atoms with E-state index in [1.807, 2.05) is 32.0 Å². The number of aryl methyl sites for hydroxylation is 2. The van der Waals surface area contributed by atoms with Crippen LogP contribution in [0.2, 0.25) is 0 Å². The molecule has 7 heteroatoms. The van der Waals surface area contributed by atoms with Gasteiger partial charge in [0.2, 0.25) is 12.7 Å². The number of nitro benzene ring substituents is 1. The number of benzene rings is 2. The first-order valence-electron chi connectivity index (χ1n) is 8.15. The van der Waals surface area contributed by atoms with Gasteiger partial charge in [0.05, 0.1) is 16.6 Å². The van der Waals surface area contributed by atoms with Crippen molar-refractivity contribution in [3.05, 3.63) is 63.2 Å². The van der Waals surface area contributed by atoms with Gasteiger partial charge < -0.3 is 14.8 Å². The van der Waals surface area contributed by atoms with E-state index in [1.54, 1.807) is 0 Å². The Morgan fingerprint density at radius 3 is 2.73 bits per heavy atom. The summed E-state index contributed by atoms with van der Waals surface area (Å²) in [5, 5.41) is 14.1. The van der Waals surface area contributed by atoms with Crippen molar-refractivity contribution in [2.75, 3.05) is 12.1 Å². The molecule has 0 saturated heterocycles. The fourth-order valence-electron chi connectivity index (χ4n) is 2.77. The molecule has 1 heterocycles. The monoisotopic (exact) mass is 354 g/mol. The molecule has 7 nitrogen and oxygen atoms in total. The summed E-state index contributed by atoms with van der Waals surface area (Å²) in [6, 6.07) is 8.61. The Bertz CT molecular complexity index is 905. The summed E-state index contributed by atoms with van der Waals surface area (Å²) < 4.78 is 10.4. The molecule has 0 unspecified atom stereocenters. The Labute approximate surface area is 150 Å². The van der Waals surface area contributed by atoms with Crippen molar-refractivity contribution in [3.8, 4) is 11.5 Å². The number of rotatable bonds is 5. The predicted molar refractivity (Wildman–Crippen MR) is 97.4 cm³/mol. The zero-order valence-electron chi connectivity index (χ0n) is 14.4. The van der Waals surface area contributed by atoms with Gasteiger partial charge in [-0.15, -0.1) is 0 Å². The van der Waals surface area contributed by atoms with E-state index in [4.69, 9.17) is 9.47 Å². The van der Waals surface area contributed by atoms with E-state index in [1.165, 1.54) is 24.3 Å². The fraction of sp³-hybridized carbons (Fsp3) is 0.211. The first-order valence-corrected chi connectivity index (χ1v) is 8.15. The molecule has 26 heavy (non-hydrogen) atoms. The van der Waals surface area contributed by atoms with Crippen molar-refractivity contribution >= 4 is 23.4 Å². The van der Waals surface area contributed by atoms with Gasteiger partial charge in [0.15, 0.2) is 11.5 Å². The second-order valence-electron chi connectivity index (χ2n) is 5.81. The molecule has 1 aliphatic heterocycles. The molecule has 2 aromatic carbocycles. The first kappa shape index (κ1) is 17.5. The van der Waals surface area contributed by atoms with Gasteiger partial charge >= 0.3 is 0 Å². The number of fused-ring (bicyclic) bond motifs is 1. The van der Waals surface area contributed by atoms with Crippen molar-refractivity contribution in [3.63, 3.8) is 0 Å². The summed E-state index contributed by atoms with van der Waals surface area (Å²) in [7, 11) is 0. The van der Waals surface area contributed by atoms with Crippen LogP contribution in [0.1, 0.15) is 23.6 Å². The number of ether oxygens (including phenoxy) is 2. The van der Waals surface area contributed by atoms with E-state index in [9.17, 15) is 14.9 Å². The highest BCUT2D eigenvalue weighted by Gasteiger charge is 2.22. The van der Waals surface area contributed by atoms with Gasteiger partial charge in [-0.1, -0.05) is 25.1 Å². The van der Waals surface area contributed by atoms with Crippen LogP contribution in [0.15, 0.2) is 36.4 Å². The van der Waals surface area contributed by atoms with Crippen LogP contribution in [0, 0.1) is 17.0 Å². The Kier molecular flexibility index (Phi) is 4.88. The van der Waals surface area contributed by atoms with E-state index in [-0.39, 0.29) is 24.0 Å². The predicted octanol–water partition coefficient (Wildman–Crippen LogP) is 3.85. The summed E-state index contributed by atoms with van der Waals surface area (Å²) in [5.41, 5.74) is 2.88. The highest BCUT2D eigenvalue weighted by atomic mass is 16.7. The van der Waals surface area contributed by atoms with Crippen LogP contribution in [-0.2, 0) is 11.2 Å². The maximum atomic E-state index is 12.3. The van der Waals surface area contributed by atoms with E-state index in [0.717, 1.165) is 23.2 Å². The number of hydrogen-bond donors (Lipinski definition) is 1. The Hall–Kier alpha value is -3.35.